The molecule has 0 saturated heterocycles. The summed E-state index contributed by atoms with van der Waals surface area (Å²) in [7, 11) is 0. The van der Waals surface area contributed by atoms with E-state index in [9.17, 15) is 9.59 Å². The quantitative estimate of drug-likeness (QED) is 0.190. The second-order valence-corrected chi connectivity index (χ2v) is 10.2. The molecule has 0 aliphatic carbocycles. The third-order valence-electron chi connectivity index (χ3n) is 6.45. The van der Waals surface area contributed by atoms with E-state index in [0.29, 0.717) is 34.9 Å². The van der Waals surface area contributed by atoms with Crippen LogP contribution in [-0.4, -0.2) is 43.0 Å². The molecule has 2 aromatic carbocycles. The largest absolute Gasteiger partial charge is 0.378 e. The van der Waals surface area contributed by atoms with Crippen molar-refractivity contribution < 1.29 is 9.59 Å². The number of aryl methyl sites for hydroxylation is 2. The molecule has 0 spiro atoms. The van der Waals surface area contributed by atoms with Crippen LogP contribution in [0.25, 0.3) is 21.5 Å². The Morgan fingerprint density at radius 1 is 0.975 bits per heavy atom. The van der Waals surface area contributed by atoms with Gasteiger partial charge in [0.2, 0.25) is 5.95 Å². The molecule has 6 aromatic rings. The average molecular weight is 548 g/mol. The number of H-pyrrole nitrogens is 1. The van der Waals surface area contributed by atoms with E-state index in [1.54, 1.807) is 36.8 Å². The Hall–Kier alpha value is -5.09. The second kappa shape index (κ2) is 11.3. The summed E-state index contributed by atoms with van der Waals surface area (Å²) in [6.07, 6.45) is 5.96. The van der Waals surface area contributed by atoms with E-state index in [-0.39, 0.29) is 18.2 Å². The smallest absolute Gasteiger partial charge is 0.268 e. The Labute approximate surface area is 233 Å². The molecule has 4 aromatic heterocycles. The molecule has 198 valence electrons. The summed E-state index contributed by atoms with van der Waals surface area (Å²) in [4.78, 5) is 36.5. The Morgan fingerprint density at radius 3 is 2.65 bits per heavy atom. The Balaban J connectivity index is 1.25. The number of pyridine rings is 1. The lowest BCUT2D eigenvalue weighted by molar-refractivity contribution is 0.100. The van der Waals surface area contributed by atoms with Crippen molar-refractivity contribution in [3.8, 4) is 10.4 Å². The van der Waals surface area contributed by atoms with Gasteiger partial charge in [-0.05, 0) is 42.5 Å². The van der Waals surface area contributed by atoms with Crippen LogP contribution in [0.4, 0.5) is 11.6 Å². The molecule has 0 radical (unpaired) electrons. The van der Waals surface area contributed by atoms with Gasteiger partial charge < -0.3 is 9.88 Å². The molecule has 0 saturated carbocycles. The predicted octanol–water partition coefficient (Wildman–Crippen LogP) is 5.67. The van der Waals surface area contributed by atoms with E-state index in [2.05, 4.69) is 25.8 Å². The Bertz CT molecular complexity index is 1760. The molecule has 9 nitrogen and oxygen atoms in total. The number of Topliss-reactive ketones (excluding diaryl/α,β-unsaturated/α-hetero) is 1. The fraction of sp³-hybridized carbons (Fsp3) is 0.100. The molecular weight excluding hydrogens is 522 g/mol. The number of thiophene rings is 1. The molecule has 0 fully saturated rings. The molecule has 10 heteroatoms. The van der Waals surface area contributed by atoms with E-state index in [4.69, 9.17) is 4.98 Å². The number of carbonyl (C=O) groups is 2. The highest BCUT2D eigenvalue weighted by Crippen LogP contribution is 2.29. The van der Waals surface area contributed by atoms with Crippen LogP contribution in [0.1, 0.15) is 25.7 Å². The maximum absolute atomic E-state index is 13.2. The van der Waals surface area contributed by atoms with Crippen molar-refractivity contribution in [3.63, 3.8) is 0 Å². The van der Waals surface area contributed by atoms with E-state index in [1.807, 2.05) is 65.2 Å². The number of nitrogens with one attached hydrogen (secondary N) is 3. The molecule has 0 aliphatic heterocycles. The number of amides is 1. The van der Waals surface area contributed by atoms with E-state index in [1.165, 1.54) is 11.3 Å². The fourth-order valence-electron chi connectivity index (χ4n) is 4.41. The van der Waals surface area contributed by atoms with Crippen LogP contribution in [0.2, 0.25) is 0 Å². The molecule has 0 unspecified atom stereocenters. The number of rotatable bonds is 10. The molecule has 0 aliphatic rings. The first-order chi connectivity index (χ1) is 19.6. The summed E-state index contributed by atoms with van der Waals surface area (Å²) in [6.45, 7) is 0.740. The van der Waals surface area contributed by atoms with Gasteiger partial charge in [-0.1, -0.05) is 36.4 Å². The third kappa shape index (κ3) is 5.52. The summed E-state index contributed by atoms with van der Waals surface area (Å²) in [6, 6.07) is 24.5. The number of hydrogen-bond donors (Lipinski definition) is 3. The van der Waals surface area contributed by atoms with E-state index in [0.717, 1.165) is 27.3 Å². The van der Waals surface area contributed by atoms with Crippen molar-refractivity contribution in [2.75, 3.05) is 17.2 Å². The zero-order valence-electron chi connectivity index (χ0n) is 21.4. The number of hydrogen-bond acceptors (Lipinski definition) is 7. The van der Waals surface area contributed by atoms with Crippen LogP contribution in [0.15, 0.2) is 97.5 Å². The number of aromatic amines is 1. The minimum absolute atomic E-state index is 0.000257. The number of aromatic nitrogens is 5. The Morgan fingerprint density at radius 2 is 1.85 bits per heavy atom. The zero-order valence-corrected chi connectivity index (χ0v) is 22.2. The van der Waals surface area contributed by atoms with E-state index < -0.39 is 0 Å². The summed E-state index contributed by atoms with van der Waals surface area (Å²) in [5, 5.41) is 13.0. The van der Waals surface area contributed by atoms with Crippen molar-refractivity contribution in [1.29, 1.82) is 0 Å². The molecule has 1 amide bonds. The van der Waals surface area contributed by atoms with Gasteiger partial charge in [0.1, 0.15) is 0 Å². The van der Waals surface area contributed by atoms with Crippen LogP contribution in [-0.2, 0) is 13.0 Å². The number of nitrogens with zero attached hydrogens (tertiary/aromatic N) is 4. The second-order valence-electron chi connectivity index (χ2n) is 9.11. The topological polar surface area (TPSA) is 118 Å². The van der Waals surface area contributed by atoms with Gasteiger partial charge in [-0.2, -0.15) is 5.10 Å². The van der Waals surface area contributed by atoms with Gasteiger partial charge in [0.15, 0.2) is 5.78 Å². The minimum Gasteiger partial charge on any atom is -0.378 e. The SMILES string of the molecule is O=C(CNc1ccc2c(c1)nc(NC(=O)c1ccc(-c3cn[nH]c3)s1)n2CCc1ccccn1)c1ccccc1. The van der Waals surface area contributed by atoms with Gasteiger partial charge in [0, 0.05) is 52.7 Å². The van der Waals surface area contributed by atoms with Crippen LogP contribution in [0.3, 0.4) is 0 Å². The molecule has 4 heterocycles. The normalized spacial score (nSPS) is 11.0. The molecule has 0 bridgehead atoms. The Kier molecular flexibility index (Phi) is 7.14. The van der Waals surface area contributed by atoms with Crippen molar-refractivity contribution in [3.05, 3.63) is 114 Å². The first-order valence-corrected chi connectivity index (χ1v) is 13.6. The number of imidazole rings is 1. The molecular formula is C30H25N7O2S. The van der Waals surface area contributed by atoms with Crippen LogP contribution in [0, 0.1) is 0 Å². The highest BCUT2D eigenvalue weighted by Gasteiger charge is 2.17. The standard InChI is InChI=1S/C30H25N7O2S/c38-26(20-6-2-1-3-7-20)19-32-23-9-10-25-24(16-23)35-30(37(25)15-13-22-8-4-5-14-31-22)36-29(39)28-12-11-27(40-28)21-17-33-34-18-21/h1-12,14,16-18,32H,13,15,19H2,(H,33,34)(H,35,36,39). The third-order valence-corrected chi connectivity index (χ3v) is 7.59. The summed E-state index contributed by atoms with van der Waals surface area (Å²) >= 11 is 1.39. The molecule has 40 heavy (non-hydrogen) atoms. The zero-order chi connectivity index (χ0) is 27.3. The van der Waals surface area contributed by atoms with E-state index >= 15 is 0 Å². The number of carbonyl (C=O) groups excluding carboxylic acids is 2. The molecule has 3 N–H and O–H groups in total. The lowest BCUT2D eigenvalue weighted by Crippen LogP contribution is -2.15. The van der Waals surface area contributed by atoms with Gasteiger partial charge in [-0.15, -0.1) is 11.3 Å². The maximum atomic E-state index is 13.2. The van der Waals surface area contributed by atoms with Crippen LogP contribution >= 0.6 is 11.3 Å². The summed E-state index contributed by atoms with van der Waals surface area (Å²) in [5.41, 5.74) is 4.88. The number of fused-ring (bicyclic) bond motifs is 1. The first-order valence-electron chi connectivity index (χ1n) is 12.8. The van der Waals surface area contributed by atoms with Crippen molar-refractivity contribution >= 4 is 45.7 Å². The van der Waals surface area contributed by atoms with Crippen molar-refractivity contribution in [2.24, 2.45) is 0 Å². The van der Waals surface area contributed by atoms with Crippen molar-refractivity contribution in [2.45, 2.75) is 13.0 Å². The van der Waals surface area contributed by atoms with Gasteiger partial charge in [-0.25, -0.2) is 4.98 Å². The van der Waals surface area contributed by atoms with Gasteiger partial charge in [-0.3, -0.25) is 25.0 Å². The number of anilines is 2. The van der Waals surface area contributed by atoms with Crippen LogP contribution in [0.5, 0.6) is 0 Å². The lowest BCUT2D eigenvalue weighted by atomic mass is 10.1. The predicted molar refractivity (Wildman–Crippen MR) is 157 cm³/mol. The highest BCUT2D eigenvalue weighted by atomic mass is 32.1. The first kappa shape index (κ1) is 25.2. The maximum Gasteiger partial charge on any atom is 0.268 e. The minimum atomic E-state index is -0.235. The van der Waals surface area contributed by atoms with Gasteiger partial charge in [0.25, 0.3) is 5.91 Å². The summed E-state index contributed by atoms with van der Waals surface area (Å²) in [5.74, 6) is 0.216. The van der Waals surface area contributed by atoms with Crippen LogP contribution < -0.4 is 10.6 Å². The number of benzene rings is 2. The number of ketones is 1. The lowest BCUT2D eigenvalue weighted by Gasteiger charge is -2.10. The molecule has 0 atom stereocenters. The molecule has 6 rings (SSSR count). The fourth-order valence-corrected chi connectivity index (χ4v) is 5.29. The monoisotopic (exact) mass is 547 g/mol. The van der Waals surface area contributed by atoms with Crippen molar-refractivity contribution in [1.82, 2.24) is 24.7 Å². The highest BCUT2D eigenvalue weighted by molar-refractivity contribution is 7.17. The average Bonchev–Trinajstić information content (AvgIpc) is 3.76. The van der Waals surface area contributed by atoms with Gasteiger partial charge in [0.05, 0.1) is 28.7 Å². The van der Waals surface area contributed by atoms with Gasteiger partial charge >= 0.3 is 0 Å². The summed E-state index contributed by atoms with van der Waals surface area (Å²) < 4.78 is 1.99.